The molecule has 74 valence electrons. The van der Waals surface area contributed by atoms with Gasteiger partial charge in [-0.15, -0.1) is 0 Å². The third-order valence-corrected chi connectivity index (χ3v) is 3.73. The van der Waals surface area contributed by atoms with E-state index >= 15 is 0 Å². The van der Waals surface area contributed by atoms with Crippen LogP contribution in [0.3, 0.4) is 0 Å². The highest BCUT2D eigenvalue weighted by Crippen LogP contribution is 2.29. The molecule has 0 aliphatic heterocycles. The molecular weight excluding hydrogens is 180 g/mol. The summed E-state index contributed by atoms with van der Waals surface area (Å²) < 4.78 is 0. The number of carbonyl (C=O) groups excluding carboxylic acids is 1. The van der Waals surface area contributed by atoms with Crippen LogP contribution in [0.1, 0.15) is 26.2 Å². The van der Waals surface area contributed by atoms with Gasteiger partial charge in [0.05, 0.1) is 0 Å². The van der Waals surface area contributed by atoms with Crippen molar-refractivity contribution in [3.05, 3.63) is 11.6 Å². The Balaban J connectivity index is 2.40. The van der Waals surface area contributed by atoms with E-state index in [-0.39, 0.29) is 0 Å². The second kappa shape index (κ2) is 5.48. The summed E-state index contributed by atoms with van der Waals surface area (Å²) in [4.78, 5) is 10.5. The van der Waals surface area contributed by atoms with Crippen molar-refractivity contribution in [2.75, 3.05) is 12.0 Å². The average molecular weight is 198 g/mol. The molecule has 13 heavy (non-hydrogen) atoms. The van der Waals surface area contributed by atoms with Crippen LogP contribution >= 0.6 is 11.8 Å². The van der Waals surface area contributed by atoms with E-state index in [1.165, 1.54) is 12.2 Å². The number of rotatable bonds is 4. The minimum absolute atomic E-state index is 0.791. The van der Waals surface area contributed by atoms with Crippen molar-refractivity contribution in [3.8, 4) is 0 Å². The molecule has 0 aromatic heterocycles. The quantitative estimate of drug-likeness (QED) is 0.646. The number of aldehydes is 1. The third-order valence-electron chi connectivity index (χ3n) is 2.87. The molecule has 0 heterocycles. The molecule has 0 fully saturated rings. The lowest BCUT2D eigenvalue weighted by Gasteiger charge is -2.25. The minimum atomic E-state index is 0.791. The molecule has 0 amide bonds. The third kappa shape index (κ3) is 3.18. The fourth-order valence-corrected chi connectivity index (χ4v) is 2.70. The standard InChI is InChI=1S/C11H18OS/c1-9(8-13-2)11-5-3-10(7-12)4-6-11/h3,7,9,11H,4-6,8H2,1-2H3. The van der Waals surface area contributed by atoms with Gasteiger partial charge in [0.15, 0.2) is 0 Å². The first-order valence-electron chi connectivity index (χ1n) is 4.91. The second-order valence-corrected chi connectivity index (χ2v) is 4.77. The van der Waals surface area contributed by atoms with Crippen molar-refractivity contribution in [1.29, 1.82) is 0 Å². The Morgan fingerprint density at radius 1 is 1.77 bits per heavy atom. The van der Waals surface area contributed by atoms with Gasteiger partial charge in [0.2, 0.25) is 0 Å². The fraction of sp³-hybridized carbons (Fsp3) is 0.727. The first kappa shape index (κ1) is 10.8. The molecule has 0 aromatic rings. The Morgan fingerprint density at radius 3 is 3.00 bits per heavy atom. The summed E-state index contributed by atoms with van der Waals surface area (Å²) in [5, 5.41) is 0. The number of allylic oxidation sites excluding steroid dienone is 2. The molecule has 2 atom stereocenters. The fourth-order valence-electron chi connectivity index (χ4n) is 1.90. The predicted octanol–water partition coefficient (Wildman–Crippen LogP) is 2.91. The van der Waals surface area contributed by atoms with Crippen LogP contribution in [-0.2, 0) is 4.79 Å². The van der Waals surface area contributed by atoms with E-state index in [1.54, 1.807) is 0 Å². The van der Waals surface area contributed by atoms with Gasteiger partial charge in [0.25, 0.3) is 0 Å². The number of thioether (sulfide) groups is 1. The van der Waals surface area contributed by atoms with Gasteiger partial charge < -0.3 is 0 Å². The monoisotopic (exact) mass is 198 g/mol. The van der Waals surface area contributed by atoms with Crippen molar-refractivity contribution in [1.82, 2.24) is 0 Å². The predicted molar refractivity (Wildman–Crippen MR) is 59.0 cm³/mol. The maximum absolute atomic E-state index is 10.5. The molecule has 2 heteroatoms. The van der Waals surface area contributed by atoms with Gasteiger partial charge in [0.1, 0.15) is 6.29 Å². The average Bonchev–Trinajstić information content (AvgIpc) is 2.18. The normalized spacial score (nSPS) is 25.1. The number of hydrogen-bond donors (Lipinski definition) is 0. The first-order valence-corrected chi connectivity index (χ1v) is 6.30. The summed E-state index contributed by atoms with van der Waals surface area (Å²) in [6.07, 6.45) is 8.59. The Kier molecular flexibility index (Phi) is 4.57. The molecule has 0 spiro atoms. The van der Waals surface area contributed by atoms with Gasteiger partial charge >= 0.3 is 0 Å². The molecule has 2 unspecified atom stereocenters. The van der Waals surface area contributed by atoms with Crippen molar-refractivity contribution >= 4 is 18.0 Å². The Labute approximate surface area is 85.0 Å². The SMILES string of the molecule is CSCC(C)C1CC=C(C=O)CC1. The van der Waals surface area contributed by atoms with Crippen molar-refractivity contribution in [2.45, 2.75) is 26.2 Å². The minimum Gasteiger partial charge on any atom is -0.298 e. The summed E-state index contributed by atoms with van der Waals surface area (Å²) in [6, 6.07) is 0. The molecule has 0 radical (unpaired) electrons. The summed E-state index contributed by atoms with van der Waals surface area (Å²) in [5.41, 5.74) is 1.01. The molecule has 1 aliphatic rings. The van der Waals surface area contributed by atoms with Gasteiger partial charge in [-0.25, -0.2) is 0 Å². The van der Waals surface area contributed by atoms with Crippen LogP contribution in [-0.4, -0.2) is 18.3 Å². The van der Waals surface area contributed by atoms with Crippen LogP contribution < -0.4 is 0 Å². The second-order valence-electron chi connectivity index (χ2n) is 3.86. The zero-order valence-corrected chi connectivity index (χ0v) is 9.27. The number of carbonyl (C=O) groups is 1. The van der Waals surface area contributed by atoms with Crippen molar-refractivity contribution in [3.63, 3.8) is 0 Å². The highest BCUT2D eigenvalue weighted by Gasteiger charge is 2.19. The molecule has 1 aliphatic carbocycles. The first-order chi connectivity index (χ1) is 6.27. The van der Waals surface area contributed by atoms with Crippen LogP contribution in [0.2, 0.25) is 0 Å². The van der Waals surface area contributed by atoms with Crippen molar-refractivity contribution < 1.29 is 4.79 Å². The number of hydrogen-bond acceptors (Lipinski definition) is 2. The maximum Gasteiger partial charge on any atom is 0.145 e. The van der Waals surface area contributed by atoms with Gasteiger partial charge in [-0.3, -0.25) is 4.79 Å². The van der Waals surface area contributed by atoms with Gasteiger partial charge in [-0.1, -0.05) is 13.0 Å². The van der Waals surface area contributed by atoms with Crippen LogP contribution in [0, 0.1) is 11.8 Å². The van der Waals surface area contributed by atoms with E-state index in [0.717, 1.165) is 36.5 Å². The molecule has 1 nitrogen and oxygen atoms in total. The van der Waals surface area contributed by atoms with Crippen LogP contribution in [0.15, 0.2) is 11.6 Å². The molecule has 0 saturated heterocycles. The molecule has 0 N–H and O–H groups in total. The Morgan fingerprint density at radius 2 is 2.54 bits per heavy atom. The van der Waals surface area contributed by atoms with Crippen LogP contribution in [0.5, 0.6) is 0 Å². The molecular formula is C11H18OS. The zero-order valence-electron chi connectivity index (χ0n) is 8.45. The van der Waals surface area contributed by atoms with Crippen LogP contribution in [0.25, 0.3) is 0 Å². The Bertz CT molecular complexity index is 198. The van der Waals surface area contributed by atoms with E-state index in [1.807, 2.05) is 11.8 Å². The highest BCUT2D eigenvalue weighted by atomic mass is 32.2. The van der Waals surface area contributed by atoms with Gasteiger partial charge in [-0.2, -0.15) is 11.8 Å². The zero-order chi connectivity index (χ0) is 9.68. The van der Waals surface area contributed by atoms with Gasteiger partial charge in [-0.05, 0) is 48.7 Å². The molecule has 0 bridgehead atoms. The lowest BCUT2D eigenvalue weighted by Crippen LogP contribution is -2.16. The largest absolute Gasteiger partial charge is 0.298 e. The van der Waals surface area contributed by atoms with Crippen molar-refractivity contribution in [2.24, 2.45) is 11.8 Å². The smallest absolute Gasteiger partial charge is 0.145 e. The van der Waals surface area contributed by atoms with Gasteiger partial charge in [0, 0.05) is 0 Å². The van der Waals surface area contributed by atoms with E-state index in [0.29, 0.717) is 0 Å². The molecule has 0 saturated carbocycles. The Hall–Kier alpha value is -0.240. The lowest BCUT2D eigenvalue weighted by atomic mass is 9.82. The molecule has 0 aromatic carbocycles. The van der Waals surface area contributed by atoms with E-state index in [9.17, 15) is 4.79 Å². The molecule has 1 rings (SSSR count). The lowest BCUT2D eigenvalue weighted by molar-refractivity contribution is -0.105. The van der Waals surface area contributed by atoms with E-state index in [2.05, 4.69) is 19.3 Å². The summed E-state index contributed by atoms with van der Waals surface area (Å²) >= 11 is 1.92. The summed E-state index contributed by atoms with van der Waals surface area (Å²) in [6.45, 7) is 2.32. The summed E-state index contributed by atoms with van der Waals surface area (Å²) in [5.74, 6) is 2.84. The summed E-state index contributed by atoms with van der Waals surface area (Å²) in [7, 11) is 0. The topological polar surface area (TPSA) is 17.1 Å². The van der Waals surface area contributed by atoms with E-state index < -0.39 is 0 Å². The van der Waals surface area contributed by atoms with E-state index in [4.69, 9.17) is 0 Å². The maximum atomic E-state index is 10.5. The highest BCUT2D eigenvalue weighted by molar-refractivity contribution is 7.98. The van der Waals surface area contributed by atoms with Crippen LogP contribution in [0.4, 0.5) is 0 Å².